The van der Waals surface area contributed by atoms with Gasteiger partial charge in [0, 0.05) is 61.0 Å². The minimum Gasteiger partial charge on any atom is -0.336 e. The highest BCUT2D eigenvalue weighted by atomic mass is 19.1. The third kappa shape index (κ3) is 4.06. The van der Waals surface area contributed by atoms with E-state index in [-0.39, 0.29) is 17.9 Å². The Kier molecular flexibility index (Phi) is 5.87. The van der Waals surface area contributed by atoms with Gasteiger partial charge in [0.1, 0.15) is 5.82 Å². The third-order valence-corrected chi connectivity index (χ3v) is 8.79. The van der Waals surface area contributed by atoms with Gasteiger partial charge in [-0.3, -0.25) is 14.5 Å². The molecule has 0 spiro atoms. The molecule has 1 aliphatic carbocycles. The molecular formula is C29H34FN3O2. The fourth-order valence-electron chi connectivity index (χ4n) is 6.41. The summed E-state index contributed by atoms with van der Waals surface area (Å²) in [6.45, 7) is 5.60. The summed E-state index contributed by atoms with van der Waals surface area (Å²) >= 11 is 0. The number of rotatable bonds is 4. The Labute approximate surface area is 206 Å². The molecule has 3 fully saturated rings. The van der Waals surface area contributed by atoms with Crippen LogP contribution in [0.25, 0.3) is 11.1 Å². The molecule has 2 atom stereocenters. The number of carbonyl (C=O) groups excluding carboxylic acids is 2. The maximum Gasteiger partial charge on any atom is 0.254 e. The fourth-order valence-corrected chi connectivity index (χ4v) is 6.41. The number of fused-ring (bicyclic) bond motifs is 1. The second kappa shape index (κ2) is 9.05. The van der Waals surface area contributed by atoms with Crippen molar-refractivity contribution in [2.75, 3.05) is 26.2 Å². The lowest BCUT2D eigenvalue weighted by Gasteiger charge is -2.37. The SMILES string of the molecule is C[C@H]1CCCN1C(=O)c1ccc(-c2ccc3c(c2)CCN([C@@H]2CCN(C4CCC4)C2)C3=O)c(F)c1. The first-order valence-corrected chi connectivity index (χ1v) is 13.3. The summed E-state index contributed by atoms with van der Waals surface area (Å²) in [6, 6.07) is 11.7. The van der Waals surface area contributed by atoms with Crippen molar-refractivity contribution in [3.05, 3.63) is 58.9 Å². The molecule has 5 nitrogen and oxygen atoms in total. The molecular weight excluding hydrogens is 441 g/mol. The summed E-state index contributed by atoms with van der Waals surface area (Å²) < 4.78 is 15.1. The second-order valence-electron chi connectivity index (χ2n) is 10.8. The first kappa shape index (κ1) is 22.7. The molecule has 0 unspecified atom stereocenters. The molecule has 0 N–H and O–H groups in total. The van der Waals surface area contributed by atoms with E-state index in [2.05, 4.69) is 9.80 Å². The highest BCUT2D eigenvalue weighted by Gasteiger charge is 2.37. The molecule has 2 aromatic rings. The second-order valence-corrected chi connectivity index (χ2v) is 10.8. The molecule has 3 aliphatic heterocycles. The zero-order chi connectivity index (χ0) is 24.1. The number of amides is 2. The van der Waals surface area contributed by atoms with E-state index < -0.39 is 5.82 Å². The average molecular weight is 476 g/mol. The van der Waals surface area contributed by atoms with Crippen molar-refractivity contribution >= 4 is 11.8 Å². The van der Waals surface area contributed by atoms with Crippen molar-refractivity contribution in [3.63, 3.8) is 0 Å². The Balaban J connectivity index is 1.18. The van der Waals surface area contributed by atoms with Gasteiger partial charge in [0.15, 0.2) is 0 Å². The zero-order valence-electron chi connectivity index (χ0n) is 20.5. The van der Waals surface area contributed by atoms with Gasteiger partial charge < -0.3 is 9.80 Å². The molecule has 2 aromatic carbocycles. The fraction of sp³-hybridized carbons (Fsp3) is 0.517. The van der Waals surface area contributed by atoms with Crippen LogP contribution in [0.3, 0.4) is 0 Å². The number of carbonyl (C=O) groups is 2. The van der Waals surface area contributed by atoms with E-state index in [0.29, 0.717) is 17.2 Å². The standard InChI is InChI=1S/C29H34FN3O2/c1-19-4-3-13-32(19)28(34)22-8-9-25(27(30)17-22)20-7-10-26-21(16-20)11-15-33(29(26)35)24-12-14-31(18-24)23-5-2-6-23/h7-10,16-17,19,23-24H,2-6,11-15,18H2,1H3/t19-,24+/m0/s1. The number of benzene rings is 2. The van der Waals surface area contributed by atoms with Crippen LogP contribution in [0.5, 0.6) is 0 Å². The monoisotopic (exact) mass is 475 g/mol. The first-order valence-electron chi connectivity index (χ1n) is 13.3. The largest absolute Gasteiger partial charge is 0.336 e. The van der Waals surface area contributed by atoms with Gasteiger partial charge in [-0.2, -0.15) is 0 Å². The van der Waals surface area contributed by atoms with Gasteiger partial charge >= 0.3 is 0 Å². The van der Waals surface area contributed by atoms with Gasteiger partial charge in [0.05, 0.1) is 0 Å². The van der Waals surface area contributed by atoms with Crippen LogP contribution in [0.4, 0.5) is 4.39 Å². The molecule has 6 heteroatoms. The van der Waals surface area contributed by atoms with Gasteiger partial charge in [0.25, 0.3) is 11.8 Å². The third-order valence-electron chi connectivity index (χ3n) is 8.79. The first-order chi connectivity index (χ1) is 17.0. The maximum absolute atomic E-state index is 15.1. The summed E-state index contributed by atoms with van der Waals surface area (Å²) in [5.74, 6) is -0.382. The summed E-state index contributed by atoms with van der Waals surface area (Å²) in [7, 11) is 0. The minimum atomic E-state index is -0.395. The number of nitrogens with zero attached hydrogens (tertiary/aromatic N) is 3. The summed E-state index contributed by atoms with van der Waals surface area (Å²) in [6.07, 6.45) is 7.78. The van der Waals surface area contributed by atoms with Crippen LogP contribution < -0.4 is 0 Å². The number of halogens is 1. The molecule has 0 radical (unpaired) electrons. The molecule has 0 aromatic heterocycles. The van der Waals surface area contributed by atoms with Crippen molar-refractivity contribution in [3.8, 4) is 11.1 Å². The van der Waals surface area contributed by atoms with Gasteiger partial charge in [-0.25, -0.2) is 4.39 Å². The number of hydrogen-bond donors (Lipinski definition) is 0. The Morgan fingerprint density at radius 3 is 2.46 bits per heavy atom. The zero-order valence-corrected chi connectivity index (χ0v) is 20.5. The van der Waals surface area contributed by atoms with Gasteiger partial charge in [0.2, 0.25) is 0 Å². The van der Waals surface area contributed by atoms with Gasteiger partial charge in [-0.15, -0.1) is 0 Å². The van der Waals surface area contributed by atoms with E-state index in [1.54, 1.807) is 12.1 Å². The molecule has 184 valence electrons. The molecule has 6 rings (SSSR count). The maximum atomic E-state index is 15.1. The van der Waals surface area contributed by atoms with Gasteiger partial charge in [-0.1, -0.05) is 24.6 Å². The van der Waals surface area contributed by atoms with E-state index >= 15 is 4.39 Å². The topological polar surface area (TPSA) is 43.9 Å². The van der Waals surface area contributed by atoms with E-state index in [4.69, 9.17) is 0 Å². The van der Waals surface area contributed by atoms with Crippen LogP contribution in [0.2, 0.25) is 0 Å². The summed E-state index contributed by atoms with van der Waals surface area (Å²) in [4.78, 5) is 32.6. The Morgan fingerprint density at radius 2 is 1.74 bits per heavy atom. The van der Waals surface area contributed by atoms with E-state index in [0.717, 1.165) is 74.6 Å². The smallest absolute Gasteiger partial charge is 0.254 e. The lowest BCUT2D eigenvalue weighted by atomic mass is 9.91. The lowest BCUT2D eigenvalue weighted by molar-refractivity contribution is 0.0646. The molecule has 1 saturated carbocycles. The molecule has 0 bridgehead atoms. The number of likely N-dealkylation sites (tertiary alicyclic amines) is 2. The van der Waals surface area contributed by atoms with Crippen LogP contribution in [0.1, 0.15) is 71.7 Å². The molecule has 3 heterocycles. The van der Waals surface area contributed by atoms with Crippen molar-refractivity contribution in [1.82, 2.24) is 14.7 Å². The summed E-state index contributed by atoms with van der Waals surface area (Å²) in [5.41, 5.74) is 3.37. The minimum absolute atomic E-state index is 0.0978. The van der Waals surface area contributed by atoms with Crippen LogP contribution in [0.15, 0.2) is 36.4 Å². The molecule has 2 amide bonds. The van der Waals surface area contributed by atoms with Crippen LogP contribution in [-0.4, -0.2) is 70.8 Å². The van der Waals surface area contributed by atoms with Crippen LogP contribution in [-0.2, 0) is 6.42 Å². The Hall–Kier alpha value is -2.73. The lowest BCUT2D eigenvalue weighted by Crippen LogP contribution is -2.47. The van der Waals surface area contributed by atoms with Crippen molar-refractivity contribution in [2.24, 2.45) is 0 Å². The average Bonchev–Trinajstić information content (AvgIpc) is 3.47. The Morgan fingerprint density at radius 1 is 0.914 bits per heavy atom. The van der Waals surface area contributed by atoms with E-state index in [1.807, 2.05) is 30.0 Å². The Bertz CT molecular complexity index is 1160. The predicted molar refractivity (Wildman–Crippen MR) is 134 cm³/mol. The van der Waals surface area contributed by atoms with E-state index in [9.17, 15) is 9.59 Å². The van der Waals surface area contributed by atoms with Crippen molar-refractivity contribution in [1.29, 1.82) is 0 Å². The van der Waals surface area contributed by atoms with Gasteiger partial charge in [-0.05, 0) is 74.8 Å². The van der Waals surface area contributed by atoms with Crippen LogP contribution >= 0.6 is 0 Å². The van der Waals surface area contributed by atoms with Crippen LogP contribution in [0, 0.1) is 5.82 Å². The van der Waals surface area contributed by atoms with E-state index in [1.165, 1.54) is 25.3 Å². The number of hydrogen-bond acceptors (Lipinski definition) is 3. The molecule has 2 saturated heterocycles. The van der Waals surface area contributed by atoms with Crippen molar-refractivity contribution < 1.29 is 14.0 Å². The quantitative estimate of drug-likeness (QED) is 0.642. The summed E-state index contributed by atoms with van der Waals surface area (Å²) in [5, 5.41) is 0. The highest BCUT2D eigenvalue weighted by molar-refractivity contribution is 5.98. The highest BCUT2D eigenvalue weighted by Crippen LogP contribution is 2.33. The predicted octanol–water partition coefficient (Wildman–Crippen LogP) is 4.74. The molecule has 35 heavy (non-hydrogen) atoms. The normalized spacial score (nSPS) is 25.1. The van der Waals surface area contributed by atoms with Crippen molar-refractivity contribution in [2.45, 2.75) is 70.0 Å². The molecule has 4 aliphatic rings.